The van der Waals surface area contributed by atoms with Gasteiger partial charge in [-0.15, -0.1) is 0 Å². The Morgan fingerprint density at radius 1 is 1.00 bits per heavy atom. The number of benzene rings is 1. The number of aromatic hydroxyl groups is 1. The zero-order valence-electron chi connectivity index (χ0n) is 13.5. The highest BCUT2D eigenvalue weighted by molar-refractivity contribution is 5.47. The summed E-state index contributed by atoms with van der Waals surface area (Å²) in [7, 11) is 0. The first kappa shape index (κ1) is 16.0. The van der Waals surface area contributed by atoms with Gasteiger partial charge in [-0.3, -0.25) is 0 Å². The normalized spacial score (nSPS) is 12.8. The van der Waals surface area contributed by atoms with E-state index in [1.54, 1.807) is 0 Å². The molecule has 108 valence electrons. The van der Waals surface area contributed by atoms with Gasteiger partial charge in [0.15, 0.2) is 0 Å². The molecular formula is C17H29NO. The van der Waals surface area contributed by atoms with E-state index in [1.807, 2.05) is 6.07 Å². The van der Waals surface area contributed by atoms with Crippen LogP contribution in [0.2, 0.25) is 0 Å². The second-order valence-electron chi connectivity index (χ2n) is 7.30. The van der Waals surface area contributed by atoms with Gasteiger partial charge in [0, 0.05) is 12.1 Å². The number of phenols is 1. The van der Waals surface area contributed by atoms with E-state index in [4.69, 9.17) is 0 Å². The number of hydrogen-bond acceptors (Lipinski definition) is 2. The van der Waals surface area contributed by atoms with Gasteiger partial charge in [-0.2, -0.15) is 0 Å². The minimum absolute atomic E-state index is 0.0312. The third kappa shape index (κ3) is 3.97. The molecule has 1 aromatic rings. The quantitative estimate of drug-likeness (QED) is 0.860. The van der Waals surface area contributed by atoms with Crippen molar-refractivity contribution in [1.29, 1.82) is 0 Å². The molecule has 0 atom stereocenters. The topological polar surface area (TPSA) is 32.3 Å². The van der Waals surface area contributed by atoms with E-state index in [0.29, 0.717) is 5.75 Å². The molecule has 2 nitrogen and oxygen atoms in total. The van der Waals surface area contributed by atoms with Crippen molar-refractivity contribution in [1.82, 2.24) is 5.32 Å². The van der Waals surface area contributed by atoms with Crippen LogP contribution in [0.25, 0.3) is 0 Å². The van der Waals surface area contributed by atoms with Gasteiger partial charge in [-0.1, -0.05) is 54.5 Å². The molecule has 2 N–H and O–H groups in total. The Bertz CT molecular complexity index is 436. The maximum absolute atomic E-state index is 10.4. The monoisotopic (exact) mass is 263 g/mol. The van der Waals surface area contributed by atoms with E-state index in [2.05, 4.69) is 59.8 Å². The van der Waals surface area contributed by atoms with Gasteiger partial charge in [-0.25, -0.2) is 0 Å². The smallest absolute Gasteiger partial charge is 0.120 e. The van der Waals surface area contributed by atoms with Gasteiger partial charge in [0.05, 0.1) is 0 Å². The lowest BCUT2D eigenvalue weighted by Crippen LogP contribution is -2.21. The Morgan fingerprint density at radius 3 is 2.00 bits per heavy atom. The lowest BCUT2D eigenvalue weighted by molar-refractivity contribution is 0.453. The minimum Gasteiger partial charge on any atom is -0.508 e. The standard InChI is InChI=1S/C17H29NO/c1-8-18-11-13-14(17(5,6)7)9-12(10-15(13)19)16(2,3)4/h9-10,18-19H,8,11H2,1-7H3. The van der Waals surface area contributed by atoms with E-state index in [0.717, 1.165) is 18.7 Å². The predicted octanol–water partition coefficient (Wildman–Crippen LogP) is 4.10. The molecule has 0 aliphatic heterocycles. The minimum atomic E-state index is 0.0312. The average Bonchev–Trinajstić information content (AvgIpc) is 2.23. The van der Waals surface area contributed by atoms with Crippen LogP contribution < -0.4 is 5.32 Å². The van der Waals surface area contributed by atoms with Crippen LogP contribution in [-0.4, -0.2) is 11.7 Å². The molecule has 0 heterocycles. The maximum atomic E-state index is 10.4. The lowest BCUT2D eigenvalue weighted by Gasteiger charge is -2.28. The van der Waals surface area contributed by atoms with E-state index in [1.165, 1.54) is 11.1 Å². The van der Waals surface area contributed by atoms with Crippen molar-refractivity contribution in [3.05, 3.63) is 28.8 Å². The molecule has 0 aliphatic carbocycles. The largest absolute Gasteiger partial charge is 0.508 e. The zero-order valence-corrected chi connectivity index (χ0v) is 13.5. The number of nitrogens with one attached hydrogen (secondary N) is 1. The molecule has 0 fully saturated rings. The van der Waals surface area contributed by atoms with Crippen LogP contribution in [0.1, 0.15) is 65.2 Å². The van der Waals surface area contributed by atoms with Crippen molar-refractivity contribution in [2.24, 2.45) is 0 Å². The number of rotatable bonds is 3. The van der Waals surface area contributed by atoms with Gasteiger partial charge in [0.1, 0.15) is 5.75 Å². The Labute approximate surface area is 118 Å². The first-order valence-electron chi connectivity index (χ1n) is 7.15. The Hall–Kier alpha value is -1.02. The molecule has 19 heavy (non-hydrogen) atoms. The van der Waals surface area contributed by atoms with E-state index in [9.17, 15) is 5.11 Å². The second kappa shape index (κ2) is 5.54. The van der Waals surface area contributed by atoms with Crippen molar-refractivity contribution < 1.29 is 5.11 Å². The Kier molecular flexibility index (Phi) is 4.67. The van der Waals surface area contributed by atoms with E-state index in [-0.39, 0.29) is 10.8 Å². The van der Waals surface area contributed by atoms with Gasteiger partial charge in [-0.05, 0) is 34.6 Å². The van der Waals surface area contributed by atoms with Crippen LogP contribution in [0.3, 0.4) is 0 Å². The SMILES string of the molecule is CCNCc1c(O)cc(C(C)(C)C)cc1C(C)(C)C. The highest BCUT2D eigenvalue weighted by atomic mass is 16.3. The van der Waals surface area contributed by atoms with Gasteiger partial charge in [0.25, 0.3) is 0 Å². The molecule has 0 amide bonds. The molecule has 1 aromatic carbocycles. The van der Waals surface area contributed by atoms with E-state index < -0.39 is 0 Å². The molecule has 0 saturated heterocycles. The summed E-state index contributed by atoms with van der Waals surface area (Å²) in [5, 5.41) is 13.7. The van der Waals surface area contributed by atoms with Crippen LogP contribution in [0.4, 0.5) is 0 Å². The zero-order chi connectivity index (χ0) is 14.8. The summed E-state index contributed by atoms with van der Waals surface area (Å²) in [4.78, 5) is 0. The second-order valence-corrected chi connectivity index (χ2v) is 7.30. The third-order valence-corrected chi connectivity index (χ3v) is 3.45. The molecule has 1 rings (SSSR count). The van der Waals surface area contributed by atoms with Crippen molar-refractivity contribution >= 4 is 0 Å². The van der Waals surface area contributed by atoms with Crippen molar-refractivity contribution in [2.45, 2.75) is 65.8 Å². The predicted molar refractivity (Wildman–Crippen MR) is 82.9 cm³/mol. The summed E-state index contributed by atoms with van der Waals surface area (Å²) < 4.78 is 0. The molecule has 0 bridgehead atoms. The molecular weight excluding hydrogens is 234 g/mol. The molecule has 0 spiro atoms. The first-order chi connectivity index (χ1) is 8.57. The summed E-state index contributed by atoms with van der Waals surface area (Å²) >= 11 is 0. The van der Waals surface area contributed by atoms with Crippen LogP contribution in [0.15, 0.2) is 12.1 Å². The van der Waals surface area contributed by atoms with Crippen LogP contribution in [0, 0.1) is 0 Å². The summed E-state index contributed by atoms with van der Waals surface area (Å²) in [6.07, 6.45) is 0. The highest BCUT2D eigenvalue weighted by Gasteiger charge is 2.24. The highest BCUT2D eigenvalue weighted by Crippen LogP contribution is 2.36. The molecule has 0 unspecified atom stereocenters. The first-order valence-corrected chi connectivity index (χ1v) is 7.15. The maximum Gasteiger partial charge on any atom is 0.120 e. The fourth-order valence-electron chi connectivity index (χ4n) is 2.19. The van der Waals surface area contributed by atoms with Gasteiger partial charge in [0.2, 0.25) is 0 Å². The Morgan fingerprint density at radius 2 is 1.58 bits per heavy atom. The summed E-state index contributed by atoms with van der Waals surface area (Å²) in [6, 6.07) is 4.17. The van der Waals surface area contributed by atoms with Crippen molar-refractivity contribution in [3.8, 4) is 5.75 Å². The Balaban J connectivity index is 3.39. The van der Waals surface area contributed by atoms with Gasteiger partial charge >= 0.3 is 0 Å². The molecule has 0 radical (unpaired) electrons. The van der Waals surface area contributed by atoms with Gasteiger partial charge < -0.3 is 10.4 Å². The number of hydrogen-bond donors (Lipinski definition) is 2. The van der Waals surface area contributed by atoms with Crippen LogP contribution in [0.5, 0.6) is 5.75 Å². The molecule has 2 heteroatoms. The molecule has 0 aliphatic rings. The number of phenolic OH excluding ortho intramolecular Hbond substituents is 1. The summed E-state index contributed by atoms with van der Waals surface area (Å²) in [5.41, 5.74) is 3.54. The lowest BCUT2D eigenvalue weighted by atomic mass is 9.78. The summed E-state index contributed by atoms with van der Waals surface area (Å²) in [5.74, 6) is 0.415. The summed E-state index contributed by atoms with van der Waals surface area (Å²) in [6.45, 7) is 16.8. The van der Waals surface area contributed by atoms with Crippen LogP contribution >= 0.6 is 0 Å². The average molecular weight is 263 g/mol. The van der Waals surface area contributed by atoms with Crippen LogP contribution in [-0.2, 0) is 17.4 Å². The molecule has 0 saturated carbocycles. The van der Waals surface area contributed by atoms with Crippen molar-refractivity contribution in [3.63, 3.8) is 0 Å². The molecule has 0 aromatic heterocycles. The fourth-order valence-corrected chi connectivity index (χ4v) is 2.19. The van der Waals surface area contributed by atoms with Crippen molar-refractivity contribution in [2.75, 3.05) is 6.54 Å². The van der Waals surface area contributed by atoms with E-state index >= 15 is 0 Å². The fraction of sp³-hybridized carbons (Fsp3) is 0.647. The third-order valence-electron chi connectivity index (χ3n) is 3.45.